The fraction of sp³-hybridized carbons (Fsp3) is 0.900. The molecule has 0 unspecified atom stereocenters. The van der Waals surface area contributed by atoms with Crippen LogP contribution in [0.1, 0.15) is 79.6 Å². The molecule has 1 saturated heterocycles. The van der Waals surface area contributed by atoms with Crippen LogP contribution in [0.25, 0.3) is 0 Å². The van der Waals surface area contributed by atoms with Gasteiger partial charge in [-0.05, 0) is 45.4 Å². The lowest BCUT2D eigenvalue weighted by molar-refractivity contribution is -0.146. The van der Waals surface area contributed by atoms with Crippen molar-refractivity contribution in [3.8, 4) is 0 Å². The minimum atomic E-state index is -0.535. The van der Waals surface area contributed by atoms with Gasteiger partial charge in [0.1, 0.15) is 11.7 Å². The van der Waals surface area contributed by atoms with Gasteiger partial charge in [-0.25, -0.2) is 4.79 Å². The predicted molar refractivity (Wildman–Crippen MR) is 97.2 cm³/mol. The summed E-state index contributed by atoms with van der Waals surface area (Å²) in [6.45, 7) is 9.66. The highest BCUT2D eigenvalue weighted by atomic mass is 16.6. The lowest BCUT2D eigenvalue weighted by atomic mass is 9.82. The van der Waals surface area contributed by atoms with Crippen LogP contribution in [0, 0.1) is 17.8 Å². The first-order valence-corrected chi connectivity index (χ1v) is 9.85. The summed E-state index contributed by atoms with van der Waals surface area (Å²) >= 11 is 0. The Morgan fingerprint density at radius 3 is 2.40 bits per heavy atom. The molecule has 144 valence electrons. The number of carbonyl (C=O) groups is 2. The van der Waals surface area contributed by atoms with Gasteiger partial charge in [-0.1, -0.05) is 46.0 Å². The van der Waals surface area contributed by atoms with Crippen LogP contribution in [0.3, 0.4) is 0 Å². The summed E-state index contributed by atoms with van der Waals surface area (Å²) in [4.78, 5) is 24.5. The number of hydrogen-bond acceptors (Lipinski definition) is 4. The smallest absolute Gasteiger partial charge is 0.408 e. The van der Waals surface area contributed by atoms with E-state index in [4.69, 9.17) is 9.47 Å². The number of nitrogens with one attached hydrogen (secondary N) is 1. The van der Waals surface area contributed by atoms with Crippen molar-refractivity contribution in [3.63, 3.8) is 0 Å². The third-order valence-electron chi connectivity index (χ3n) is 5.32. The van der Waals surface area contributed by atoms with E-state index >= 15 is 0 Å². The standard InChI is InChI=1S/C20H35NO4/c1-13(2)15-12-17(24-18(15)22)16(11-14-9-7-6-8-10-14)21-19(23)25-20(3,4)5/h13-17H,6-12H2,1-5H3,(H,21,23)/t15-,16-,17-/m0/s1. The first-order chi connectivity index (χ1) is 11.7. The molecule has 0 bridgehead atoms. The molecule has 0 aromatic heterocycles. The van der Waals surface area contributed by atoms with E-state index in [1.807, 2.05) is 34.6 Å². The summed E-state index contributed by atoms with van der Waals surface area (Å²) in [5, 5.41) is 3.00. The summed E-state index contributed by atoms with van der Waals surface area (Å²) < 4.78 is 11.1. The molecular formula is C20H35NO4. The van der Waals surface area contributed by atoms with Gasteiger partial charge in [0.15, 0.2) is 0 Å². The van der Waals surface area contributed by atoms with E-state index in [0.29, 0.717) is 12.3 Å². The second-order valence-corrected chi connectivity index (χ2v) is 9.05. The molecule has 0 radical (unpaired) electrons. The third-order valence-corrected chi connectivity index (χ3v) is 5.32. The Balaban J connectivity index is 2.03. The number of hydrogen-bond donors (Lipinski definition) is 1. The molecule has 1 saturated carbocycles. The topological polar surface area (TPSA) is 64.6 Å². The van der Waals surface area contributed by atoms with Crippen LogP contribution in [-0.4, -0.2) is 29.8 Å². The van der Waals surface area contributed by atoms with E-state index in [2.05, 4.69) is 5.32 Å². The number of esters is 1. The summed E-state index contributed by atoms with van der Waals surface area (Å²) in [6.07, 6.45) is 7.08. The summed E-state index contributed by atoms with van der Waals surface area (Å²) in [5.74, 6) is 0.652. The molecule has 1 aliphatic heterocycles. The molecule has 1 amide bonds. The van der Waals surface area contributed by atoms with E-state index in [0.717, 1.165) is 6.42 Å². The number of rotatable bonds is 5. The molecule has 1 heterocycles. The molecule has 5 nitrogen and oxygen atoms in total. The van der Waals surface area contributed by atoms with Crippen molar-refractivity contribution >= 4 is 12.1 Å². The fourth-order valence-electron chi connectivity index (χ4n) is 3.97. The third kappa shape index (κ3) is 6.19. The molecule has 5 heteroatoms. The van der Waals surface area contributed by atoms with Gasteiger partial charge in [0.05, 0.1) is 12.0 Å². The Kier molecular flexibility index (Phi) is 6.75. The van der Waals surface area contributed by atoms with E-state index in [1.165, 1.54) is 32.1 Å². The maximum absolute atomic E-state index is 12.3. The lowest BCUT2D eigenvalue weighted by Crippen LogP contribution is -2.46. The molecule has 1 aliphatic carbocycles. The van der Waals surface area contributed by atoms with Crippen LogP contribution < -0.4 is 5.32 Å². The van der Waals surface area contributed by atoms with Crippen molar-refractivity contribution in [2.45, 2.75) is 97.3 Å². The number of alkyl carbamates (subject to hydrolysis) is 1. The molecule has 2 fully saturated rings. The second-order valence-electron chi connectivity index (χ2n) is 9.05. The number of ether oxygens (including phenoxy) is 2. The zero-order valence-electron chi connectivity index (χ0n) is 16.5. The molecular weight excluding hydrogens is 318 g/mol. The van der Waals surface area contributed by atoms with E-state index in [1.54, 1.807) is 0 Å². The van der Waals surface area contributed by atoms with Crippen molar-refractivity contribution in [3.05, 3.63) is 0 Å². The minimum absolute atomic E-state index is 0.0701. The number of carbonyl (C=O) groups excluding carboxylic acids is 2. The molecule has 2 rings (SSSR count). The summed E-state index contributed by atoms with van der Waals surface area (Å²) in [7, 11) is 0. The highest BCUT2D eigenvalue weighted by Crippen LogP contribution is 2.34. The maximum Gasteiger partial charge on any atom is 0.408 e. The Hall–Kier alpha value is -1.26. The van der Waals surface area contributed by atoms with E-state index < -0.39 is 11.7 Å². The lowest BCUT2D eigenvalue weighted by Gasteiger charge is -2.31. The van der Waals surface area contributed by atoms with Crippen LogP contribution in [0.15, 0.2) is 0 Å². The molecule has 1 N–H and O–H groups in total. The first-order valence-electron chi connectivity index (χ1n) is 9.85. The zero-order chi connectivity index (χ0) is 18.6. The average Bonchev–Trinajstić information content (AvgIpc) is 2.88. The van der Waals surface area contributed by atoms with Crippen molar-refractivity contribution in [1.29, 1.82) is 0 Å². The fourth-order valence-corrected chi connectivity index (χ4v) is 3.97. The van der Waals surface area contributed by atoms with Crippen LogP contribution in [0.5, 0.6) is 0 Å². The Bertz CT molecular complexity index is 463. The average molecular weight is 354 g/mol. The van der Waals surface area contributed by atoms with Crippen molar-refractivity contribution in [2.75, 3.05) is 0 Å². The van der Waals surface area contributed by atoms with Gasteiger partial charge >= 0.3 is 12.1 Å². The van der Waals surface area contributed by atoms with Gasteiger partial charge in [-0.15, -0.1) is 0 Å². The normalized spacial score (nSPS) is 26.4. The molecule has 0 aromatic carbocycles. The molecule has 2 aliphatic rings. The van der Waals surface area contributed by atoms with Gasteiger partial charge in [0.25, 0.3) is 0 Å². The SMILES string of the molecule is CC(C)[C@@H]1C[C@@H]([C@H](CC2CCCCC2)NC(=O)OC(C)(C)C)OC1=O. The number of amides is 1. The maximum atomic E-state index is 12.3. The minimum Gasteiger partial charge on any atom is -0.460 e. The van der Waals surface area contributed by atoms with E-state index in [9.17, 15) is 9.59 Å². The quantitative estimate of drug-likeness (QED) is 0.742. The van der Waals surface area contributed by atoms with Crippen molar-refractivity contribution in [1.82, 2.24) is 5.32 Å². The molecule has 0 aromatic rings. The summed E-state index contributed by atoms with van der Waals surface area (Å²) in [6, 6.07) is -0.161. The molecule has 25 heavy (non-hydrogen) atoms. The first kappa shape index (κ1) is 20.1. The Morgan fingerprint density at radius 1 is 1.24 bits per heavy atom. The van der Waals surface area contributed by atoms with Gasteiger partial charge in [0, 0.05) is 0 Å². The highest BCUT2D eigenvalue weighted by Gasteiger charge is 2.41. The van der Waals surface area contributed by atoms with Gasteiger partial charge in [-0.2, -0.15) is 0 Å². The van der Waals surface area contributed by atoms with Crippen LogP contribution in [-0.2, 0) is 14.3 Å². The Labute approximate surface area is 152 Å². The van der Waals surface area contributed by atoms with Gasteiger partial charge in [0.2, 0.25) is 0 Å². The van der Waals surface area contributed by atoms with Crippen molar-refractivity contribution < 1.29 is 19.1 Å². The Morgan fingerprint density at radius 2 is 1.88 bits per heavy atom. The van der Waals surface area contributed by atoms with Gasteiger partial charge < -0.3 is 14.8 Å². The van der Waals surface area contributed by atoms with Crippen LogP contribution in [0.4, 0.5) is 4.79 Å². The number of cyclic esters (lactones) is 1. The molecule has 3 atom stereocenters. The summed E-state index contributed by atoms with van der Waals surface area (Å²) in [5.41, 5.74) is -0.535. The van der Waals surface area contributed by atoms with Crippen molar-refractivity contribution in [2.24, 2.45) is 17.8 Å². The second kappa shape index (κ2) is 8.41. The van der Waals surface area contributed by atoms with Crippen LogP contribution >= 0.6 is 0 Å². The zero-order valence-corrected chi connectivity index (χ0v) is 16.5. The largest absolute Gasteiger partial charge is 0.460 e. The van der Waals surface area contributed by atoms with Crippen LogP contribution in [0.2, 0.25) is 0 Å². The van der Waals surface area contributed by atoms with E-state index in [-0.39, 0.29) is 30.0 Å². The molecule has 0 spiro atoms. The monoisotopic (exact) mass is 353 g/mol. The highest BCUT2D eigenvalue weighted by molar-refractivity contribution is 5.75. The predicted octanol–water partition coefficient (Wildman–Crippen LogP) is 4.44. The van der Waals surface area contributed by atoms with Gasteiger partial charge in [-0.3, -0.25) is 4.79 Å².